The van der Waals surface area contributed by atoms with Crippen LogP contribution in [0.2, 0.25) is 0 Å². The lowest BCUT2D eigenvalue weighted by atomic mass is 10.3. The standard InChI is InChI=1S/C11H17NO2S/c1-12(7-3-6-11(13)14-2)9-10-5-4-8-15-10/h4-5,8H,3,6-7,9H2,1-2H3. The van der Waals surface area contributed by atoms with Crippen LogP contribution in [0.15, 0.2) is 17.5 Å². The molecule has 0 aromatic carbocycles. The molecule has 84 valence electrons. The Bertz CT molecular complexity index is 285. The highest BCUT2D eigenvalue weighted by molar-refractivity contribution is 7.09. The van der Waals surface area contributed by atoms with Crippen molar-refractivity contribution in [2.75, 3.05) is 20.7 Å². The van der Waals surface area contributed by atoms with Gasteiger partial charge in [-0.3, -0.25) is 4.79 Å². The third-order valence-corrected chi connectivity index (χ3v) is 3.02. The van der Waals surface area contributed by atoms with Gasteiger partial charge in [0, 0.05) is 17.8 Å². The minimum Gasteiger partial charge on any atom is -0.469 e. The minimum absolute atomic E-state index is 0.125. The Labute approximate surface area is 94.7 Å². The quantitative estimate of drug-likeness (QED) is 0.697. The average Bonchev–Trinajstić information content (AvgIpc) is 2.70. The number of nitrogens with zero attached hydrogens (tertiary/aromatic N) is 1. The van der Waals surface area contributed by atoms with Crippen LogP contribution in [-0.2, 0) is 16.1 Å². The molecule has 1 heterocycles. The van der Waals surface area contributed by atoms with Crippen LogP contribution in [0.5, 0.6) is 0 Å². The molecule has 15 heavy (non-hydrogen) atoms. The van der Waals surface area contributed by atoms with E-state index in [-0.39, 0.29) is 5.97 Å². The zero-order valence-corrected chi connectivity index (χ0v) is 10.0. The molecule has 1 rings (SSSR count). The monoisotopic (exact) mass is 227 g/mol. The van der Waals surface area contributed by atoms with Gasteiger partial charge >= 0.3 is 5.97 Å². The fourth-order valence-corrected chi connectivity index (χ4v) is 2.13. The predicted octanol–water partition coefficient (Wildman–Crippen LogP) is 2.13. The third kappa shape index (κ3) is 4.95. The highest BCUT2D eigenvalue weighted by Gasteiger charge is 2.03. The number of hydrogen-bond acceptors (Lipinski definition) is 4. The lowest BCUT2D eigenvalue weighted by molar-refractivity contribution is -0.140. The van der Waals surface area contributed by atoms with Crippen molar-refractivity contribution in [1.29, 1.82) is 0 Å². The molecule has 1 aromatic heterocycles. The van der Waals surface area contributed by atoms with E-state index in [2.05, 4.69) is 34.2 Å². The zero-order valence-electron chi connectivity index (χ0n) is 9.23. The molecule has 0 N–H and O–H groups in total. The summed E-state index contributed by atoms with van der Waals surface area (Å²) >= 11 is 1.76. The number of thiophene rings is 1. The summed E-state index contributed by atoms with van der Waals surface area (Å²) in [5.74, 6) is -0.125. The smallest absolute Gasteiger partial charge is 0.305 e. The molecule has 0 fully saturated rings. The van der Waals surface area contributed by atoms with Gasteiger partial charge in [-0.2, -0.15) is 0 Å². The first-order valence-electron chi connectivity index (χ1n) is 5.00. The molecule has 0 bridgehead atoms. The number of esters is 1. The highest BCUT2D eigenvalue weighted by Crippen LogP contribution is 2.11. The summed E-state index contributed by atoms with van der Waals surface area (Å²) in [5.41, 5.74) is 0. The van der Waals surface area contributed by atoms with E-state index in [1.54, 1.807) is 11.3 Å². The maximum atomic E-state index is 10.9. The SMILES string of the molecule is COC(=O)CCCN(C)Cc1cccs1. The summed E-state index contributed by atoms with van der Waals surface area (Å²) in [7, 11) is 3.49. The number of carbonyl (C=O) groups is 1. The second kappa shape index (κ2) is 6.58. The summed E-state index contributed by atoms with van der Waals surface area (Å²) in [6, 6.07) is 4.18. The second-order valence-electron chi connectivity index (χ2n) is 3.50. The van der Waals surface area contributed by atoms with Crippen LogP contribution in [0.1, 0.15) is 17.7 Å². The Morgan fingerprint density at radius 3 is 3.00 bits per heavy atom. The van der Waals surface area contributed by atoms with Crippen LogP contribution in [0.3, 0.4) is 0 Å². The first kappa shape index (κ1) is 12.2. The maximum Gasteiger partial charge on any atom is 0.305 e. The summed E-state index contributed by atoms with van der Waals surface area (Å²) in [6.07, 6.45) is 1.36. The second-order valence-corrected chi connectivity index (χ2v) is 4.53. The summed E-state index contributed by atoms with van der Waals surface area (Å²) < 4.78 is 4.58. The van der Waals surface area contributed by atoms with Crippen molar-refractivity contribution in [1.82, 2.24) is 4.90 Å². The predicted molar refractivity (Wildman–Crippen MR) is 61.9 cm³/mol. The number of hydrogen-bond donors (Lipinski definition) is 0. The van der Waals surface area contributed by atoms with Crippen LogP contribution >= 0.6 is 11.3 Å². The first-order valence-corrected chi connectivity index (χ1v) is 5.88. The van der Waals surface area contributed by atoms with Gasteiger partial charge in [-0.05, 0) is 31.5 Å². The van der Waals surface area contributed by atoms with Crippen molar-refractivity contribution in [2.24, 2.45) is 0 Å². The van der Waals surface area contributed by atoms with Crippen molar-refractivity contribution >= 4 is 17.3 Å². The van der Waals surface area contributed by atoms with E-state index in [0.717, 1.165) is 19.5 Å². The summed E-state index contributed by atoms with van der Waals surface area (Å²) in [4.78, 5) is 14.4. The van der Waals surface area contributed by atoms with Crippen molar-refractivity contribution < 1.29 is 9.53 Å². The Morgan fingerprint density at radius 2 is 2.40 bits per heavy atom. The van der Waals surface area contributed by atoms with Crippen molar-refractivity contribution in [3.63, 3.8) is 0 Å². The van der Waals surface area contributed by atoms with E-state index in [1.807, 2.05) is 0 Å². The van der Waals surface area contributed by atoms with Crippen LogP contribution < -0.4 is 0 Å². The molecule has 0 amide bonds. The molecule has 0 spiro atoms. The van der Waals surface area contributed by atoms with E-state index in [4.69, 9.17) is 0 Å². The lowest BCUT2D eigenvalue weighted by Gasteiger charge is -2.14. The van der Waals surface area contributed by atoms with E-state index >= 15 is 0 Å². The number of methoxy groups -OCH3 is 1. The molecular formula is C11H17NO2S. The average molecular weight is 227 g/mol. The topological polar surface area (TPSA) is 29.5 Å². The van der Waals surface area contributed by atoms with Crippen LogP contribution in [0.25, 0.3) is 0 Å². The molecule has 0 saturated heterocycles. The Morgan fingerprint density at radius 1 is 1.60 bits per heavy atom. The van der Waals surface area contributed by atoms with Gasteiger partial charge in [-0.25, -0.2) is 0 Å². The van der Waals surface area contributed by atoms with Crippen LogP contribution in [0.4, 0.5) is 0 Å². The summed E-state index contributed by atoms with van der Waals surface area (Å²) in [5, 5.41) is 2.08. The fourth-order valence-electron chi connectivity index (χ4n) is 1.34. The molecule has 3 nitrogen and oxygen atoms in total. The largest absolute Gasteiger partial charge is 0.469 e. The van der Waals surface area contributed by atoms with Crippen molar-refractivity contribution in [2.45, 2.75) is 19.4 Å². The van der Waals surface area contributed by atoms with E-state index in [9.17, 15) is 4.79 Å². The van der Waals surface area contributed by atoms with E-state index < -0.39 is 0 Å². The lowest BCUT2D eigenvalue weighted by Crippen LogP contribution is -2.19. The molecule has 0 saturated carbocycles. The first-order chi connectivity index (χ1) is 7.22. The minimum atomic E-state index is -0.125. The fraction of sp³-hybridized carbons (Fsp3) is 0.545. The Kier molecular flexibility index (Phi) is 5.36. The Hall–Kier alpha value is -0.870. The zero-order chi connectivity index (χ0) is 11.1. The molecular weight excluding hydrogens is 210 g/mol. The van der Waals surface area contributed by atoms with E-state index in [1.165, 1.54) is 12.0 Å². The van der Waals surface area contributed by atoms with Gasteiger partial charge in [-0.15, -0.1) is 11.3 Å². The molecule has 0 radical (unpaired) electrons. The normalized spacial score (nSPS) is 10.6. The molecule has 0 unspecified atom stereocenters. The van der Waals surface area contributed by atoms with Gasteiger partial charge in [0.05, 0.1) is 7.11 Å². The molecule has 0 aliphatic rings. The number of carbonyl (C=O) groups excluding carboxylic acids is 1. The van der Waals surface area contributed by atoms with Gasteiger partial charge in [0.25, 0.3) is 0 Å². The van der Waals surface area contributed by atoms with Gasteiger partial charge in [0.15, 0.2) is 0 Å². The van der Waals surface area contributed by atoms with Gasteiger partial charge in [0.2, 0.25) is 0 Å². The van der Waals surface area contributed by atoms with Crippen LogP contribution in [0, 0.1) is 0 Å². The Balaban J connectivity index is 2.14. The molecule has 1 aromatic rings. The molecule has 4 heteroatoms. The maximum absolute atomic E-state index is 10.9. The van der Waals surface area contributed by atoms with Gasteiger partial charge in [0.1, 0.15) is 0 Å². The highest BCUT2D eigenvalue weighted by atomic mass is 32.1. The number of ether oxygens (including phenoxy) is 1. The molecule has 0 aliphatic heterocycles. The van der Waals surface area contributed by atoms with Crippen LogP contribution in [-0.4, -0.2) is 31.6 Å². The van der Waals surface area contributed by atoms with Gasteiger partial charge in [-0.1, -0.05) is 6.07 Å². The molecule has 0 atom stereocenters. The number of rotatable bonds is 6. The molecule has 0 aliphatic carbocycles. The van der Waals surface area contributed by atoms with E-state index in [0.29, 0.717) is 6.42 Å². The van der Waals surface area contributed by atoms with Gasteiger partial charge < -0.3 is 9.64 Å². The van der Waals surface area contributed by atoms with Crippen molar-refractivity contribution in [3.05, 3.63) is 22.4 Å². The van der Waals surface area contributed by atoms with Crippen molar-refractivity contribution in [3.8, 4) is 0 Å². The third-order valence-electron chi connectivity index (χ3n) is 2.15. The summed E-state index contributed by atoms with van der Waals surface area (Å²) in [6.45, 7) is 1.88.